The van der Waals surface area contributed by atoms with E-state index in [0.29, 0.717) is 0 Å². The number of carbonyl (C=O) groups is 1. The van der Waals surface area contributed by atoms with Gasteiger partial charge in [-0.25, -0.2) is 13.2 Å². The molecule has 2 rings (SSSR count). The van der Waals surface area contributed by atoms with E-state index in [1.165, 1.54) is 6.07 Å². The molecule has 128 valence electrons. The maximum absolute atomic E-state index is 13.9. The van der Waals surface area contributed by atoms with E-state index in [0.717, 1.165) is 6.07 Å². The van der Waals surface area contributed by atoms with Crippen LogP contribution in [0.15, 0.2) is 28.7 Å². The molecule has 0 aliphatic heterocycles. The van der Waals surface area contributed by atoms with E-state index in [2.05, 4.69) is 21.2 Å². The van der Waals surface area contributed by atoms with E-state index < -0.39 is 40.7 Å². The highest BCUT2D eigenvalue weighted by Crippen LogP contribution is 2.39. The Morgan fingerprint density at radius 3 is 2.00 bits per heavy atom. The molecule has 0 aromatic heterocycles. The minimum atomic E-state index is -4.96. The summed E-state index contributed by atoms with van der Waals surface area (Å²) in [4.78, 5) is 10.5. The lowest BCUT2D eigenvalue weighted by Gasteiger charge is -2.14. The molecule has 1 N–H and O–H groups in total. The number of nitrogens with one attached hydrogen (secondary N) is 1. The SMILES string of the molecule is O=CNc1cc(Br)cc(F)c1Oc1c(F)cc(C(F)(F)F)cc1F. The number of hydrogen-bond acceptors (Lipinski definition) is 2. The minimum absolute atomic E-state index is 0.0159. The molecule has 0 spiro atoms. The van der Waals surface area contributed by atoms with E-state index in [9.17, 15) is 31.1 Å². The molecule has 2 aromatic rings. The van der Waals surface area contributed by atoms with Gasteiger partial charge in [0.15, 0.2) is 29.0 Å². The minimum Gasteiger partial charge on any atom is -0.446 e. The van der Waals surface area contributed by atoms with E-state index in [1.54, 1.807) is 0 Å². The second-order valence-corrected chi connectivity index (χ2v) is 5.31. The largest absolute Gasteiger partial charge is 0.446 e. The lowest BCUT2D eigenvalue weighted by Crippen LogP contribution is -2.08. The second kappa shape index (κ2) is 6.71. The molecule has 0 atom stereocenters. The Hall–Kier alpha value is -2.23. The Balaban J connectivity index is 2.51. The van der Waals surface area contributed by atoms with Crippen LogP contribution in [-0.4, -0.2) is 6.41 Å². The van der Waals surface area contributed by atoms with Gasteiger partial charge >= 0.3 is 6.18 Å². The number of ether oxygens (including phenoxy) is 1. The first kappa shape index (κ1) is 18.1. The van der Waals surface area contributed by atoms with E-state index >= 15 is 0 Å². The summed E-state index contributed by atoms with van der Waals surface area (Å²) >= 11 is 2.94. The first-order chi connectivity index (χ1) is 11.1. The topological polar surface area (TPSA) is 38.3 Å². The van der Waals surface area contributed by atoms with Crippen LogP contribution < -0.4 is 10.1 Å². The van der Waals surface area contributed by atoms with Gasteiger partial charge in [-0.05, 0) is 24.3 Å². The van der Waals surface area contributed by atoms with Crippen LogP contribution in [0.25, 0.3) is 0 Å². The average Bonchev–Trinajstić information content (AvgIpc) is 2.44. The van der Waals surface area contributed by atoms with Gasteiger partial charge in [-0.15, -0.1) is 0 Å². The lowest BCUT2D eigenvalue weighted by molar-refractivity contribution is -0.138. The van der Waals surface area contributed by atoms with Crippen LogP contribution in [0, 0.1) is 17.5 Å². The smallest absolute Gasteiger partial charge is 0.416 e. The maximum atomic E-state index is 13.9. The molecular weight excluding hydrogens is 408 g/mol. The number of anilines is 1. The van der Waals surface area contributed by atoms with E-state index in [1.807, 2.05) is 0 Å². The number of amides is 1. The van der Waals surface area contributed by atoms with Crippen LogP contribution >= 0.6 is 15.9 Å². The molecule has 24 heavy (non-hydrogen) atoms. The molecule has 0 unspecified atom stereocenters. The summed E-state index contributed by atoms with van der Waals surface area (Å²) in [6.07, 6.45) is -4.80. The van der Waals surface area contributed by atoms with Crippen LogP contribution in [0.1, 0.15) is 5.56 Å². The van der Waals surface area contributed by atoms with Crippen molar-refractivity contribution in [2.24, 2.45) is 0 Å². The van der Waals surface area contributed by atoms with Crippen molar-refractivity contribution in [3.63, 3.8) is 0 Å². The molecule has 0 saturated carbocycles. The fourth-order valence-electron chi connectivity index (χ4n) is 1.76. The summed E-state index contributed by atoms with van der Waals surface area (Å²) in [7, 11) is 0. The molecule has 0 heterocycles. The van der Waals surface area contributed by atoms with Gasteiger partial charge in [-0.3, -0.25) is 4.79 Å². The first-order valence-electron chi connectivity index (χ1n) is 6.06. The number of rotatable bonds is 4. The van der Waals surface area contributed by atoms with Crippen molar-refractivity contribution in [3.8, 4) is 11.5 Å². The summed E-state index contributed by atoms with van der Waals surface area (Å²) in [5.74, 6) is -6.46. The summed E-state index contributed by atoms with van der Waals surface area (Å²) in [5.41, 5.74) is -1.84. The third kappa shape index (κ3) is 3.81. The highest BCUT2D eigenvalue weighted by Gasteiger charge is 2.33. The van der Waals surface area contributed by atoms with Crippen molar-refractivity contribution >= 4 is 28.0 Å². The Morgan fingerprint density at radius 1 is 0.958 bits per heavy atom. The quantitative estimate of drug-likeness (QED) is 0.549. The van der Waals surface area contributed by atoms with Crippen molar-refractivity contribution in [2.45, 2.75) is 6.18 Å². The van der Waals surface area contributed by atoms with Crippen molar-refractivity contribution < 1.29 is 35.9 Å². The third-order valence-corrected chi connectivity index (χ3v) is 3.21. The third-order valence-electron chi connectivity index (χ3n) is 2.75. The normalized spacial score (nSPS) is 11.3. The fourth-order valence-corrected chi connectivity index (χ4v) is 2.19. The van der Waals surface area contributed by atoms with Gasteiger partial charge in [0.2, 0.25) is 6.41 Å². The molecular formula is C14H6BrF6NO2. The number of hydrogen-bond donors (Lipinski definition) is 1. The molecule has 0 aliphatic carbocycles. The Labute approximate surface area is 139 Å². The fraction of sp³-hybridized carbons (Fsp3) is 0.0714. The standard InChI is InChI=1S/C14H6BrF6NO2/c15-7-3-10(18)13(11(4-7)22-5-23)24-12-8(16)1-6(2-9(12)17)14(19,20)21/h1-5H,(H,22,23). The van der Waals surface area contributed by atoms with Crippen LogP contribution in [0.4, 0.5) is 32.0 Å². The van der Waals surface area contributed by atoms with Crippen LogP contribution in [-0.2, 0) is 11.0 Å². The van der Waals surface area contributed by atoms with Gasteiger partial charge in [0.05, 0.1) is 11.3 Å². The van der Waals surface area contributed by atoms with Gasteiger partial charge in [0, 0.05) is 4.47 Å². The number of halogens is 7. The second-order valence-electron chi connectivity index (χ2n) is 4.40. The lowest BCUT2D eigenvalue weighted by atomic mass is 10.2. The number of alkyl halides is 3. The molecule has 3 nitrogen and oxygen atoms in total. The van der Waals surface area contributed by atoms with E-state index in [-0.39, 0.29) is 28.7 Å². The maximum Gasteiger partial charge on any atom is 0.416 e. The van der Waals surface area contributed by atoms with Gasteiger partial charge in [-0.2, -0.15) is 13.2 Å². The van der Waals surface area contributed by atoms with Crippen molar-refractivity contribution in [2.75, 3.05) is 5.32 Å². The number of carbonyl (C=O) groups excluding carboxylic acids is 1. The molecule has 1 amide bonds. The van der Waals surface area contributed by atoms with Gasteiger partial charge in [0.1, 0.15) is 0 Å². The summed E-state index contributed by atoms with van der Waals surface area (Å²) < 4.78 is 83.9. The Kier molecular flexibility index (Phi) is 5.07. The Morgan fingerprint density at radius 2 is 1.50 bits per heavy atom. The predicted molar refractivity (Wildman–Crippen MR) is 75.2 cm³/mol. The van der Waals surface area contributed by atoms with Gasteiger partial charge < -0.3 is 10.1 Å². The zero-order valence-electron chi connectivity index (χ0n) is 11.3. The van der Waals surface area contributed by atoms with Gasteiger partial charge in [-0.1, -0.05) is 15.9 Å². The van der Waals surface area contributed by atoms with Crippen molar-refractivity contribution in [3.05, 3.63) is 51.8 Å². The molecule has 2 aromatic carbocycles. The van der Waals surface area contributed by atoms with E-state index in [4.69, 9.17) is 4.74 Å². The summed E-state index contributed by atoms with van der Waals surface area (Å²) in [6, 6.07) is 2.09. The van der Waals surface area contributed by atoms with Crippen LogP contribution in [0.5, 0.6) is 11.5 Å². The van der Waals surface area contributed by atoms with Gasteiger partial charge in [0.25, 0.3) is 0 Å². The monoisotopic (exact) mass is 413 g/mol. The molecule has 0 radical (unpaired) electrons. The number of benzene rings is 2. The van der Waals surface area contributed by atoms with Crippen LogP contribution in [0.2, 0.25) is 0 Å². The highest BCUT2D eigenvalue weighted by atomic mass is 79.9. The first-order valence-corrected chi connectivity index (χ1v) is 6.86. The zero-order valence-corrected chi connectivity index (χ0v) is 12.9. The molecule has 10 heteroatoms. The summed E-state index contributed by atoms with van der Waals surface area (Å²) in [6.45, 7) is 0. The average molecular weight is 414 g/mol. The summed E-state index contributed by atoms with van der Waals surface area (Å²) in [5, 5.41) is 2.05. The molecule has 0 bridgehead atoms. The van der Waals surface area contributed by atoms with Crippen LogP contribution in [0.3, 0.4) is 0 Å². The molecule has 0 fully saturated rings. The zero-order chi connectivity index (χ0) is 18.1. The molecule has 0 saturated heterocycles. The Bertz CT molecular complexity index is 771. The predicted octanol–water partition coefficient (Wildman–Crippen LogP) is 5.25. The highest BCUT2D eigenvalue weighted by molar-refractivity contribution is 9.10. The van der Waals surface area contributed by atoms with Crippen molar-refractivity contribution in [1.29, 1.82) is 0 Å². The molecule has 0 aliphatic rings. The van der Waals surface area contributed by atoms with Crippen molar-refractivity contribution in [1.82, 2.24) is 0 Å².